The predicted molar refractivity (Wildman–Crippen MR) is 95.6 cm³/mol. The molecule has 2 bridgehead atoms. The maximum Gasteiger partial charge on any atom is 0.315 e. The molecule has 0 spiro atoms. The number of piperidine rings is 1. The lowest BCUT2D eigenvalue weighted by Gasteiger charge is -2.33. The molecule has 0 aromatic heterocycles. The van der Waals surface area contributed by atoms with Crippen molar-refractivity contribution in [3.05, 3.63) is 48.0 Å². The van der Waals surface area contributed by atoms with Gasteiger partial charge in [0.2, 0.25) is 0 Å². The van der Waals surface area contributed by atoms with Gasteiger partial charge in [0.25, 0.3) is 0 Å². The van der Waals surface area contributed by atoms with Crippen molar-refractivity contribution in [2.75, 3.05) is 32.8 Å². The fraction of sp³-hybridized carbons (Fsp3) is 0.476. The van der Waals surface area contributed by atoms with Gasteiger partial charge in [-0.05, 0) is 23.3 Å². The van der Waals surface area contributed by atoms with E-state index in [0.717, 1.165) is 30.5 Å². The Labute approximate surface area is 143 Å². The molecule has 2 saturated heterocycles. The highest BCUT2D eigenvalue weighted by Gasteiger charge is 2.53. The summed E-state index contributed by atoms with van der Waals surface area (Å²) in [6.45, 7) is 6.91. The Morgan fingerprint density at radius 3 is 2.88 bits per heavy atom. The van der Waals surface area contributed by atoms with Crippen LogP contribution in [0.1, 0.15) is 18.9 Å². The van der Waals surface area contributed by atoms with Crippen LogP contribution in [0, 0.1) is 11.8 Å². The Bertz CT molecular complexity index is 751. The zero-order chi connectivity index (χ0) is 16.6. The average Bonchev–Trinajstić information content (AvgIpc) is 3.19. The summed E-state index contributed by atoms with van der Waals surface area (Å²) in [6, 6.07) is 15.2. The normalized spacial score (nSPS) is 28.4. The van der Waals surface area contributed by atoms with Crippen LogP contribution >= 0.6 is 0 Å². The molecule has 1 unspecified atom stereocenters. The van der Waals surface area contributed by atoms with E-state index < -0.39 is 0 Å². The second kappa shape index (κ2) is 6.21. The van der Waals surface area contributed by atoms with Crippen molar-refractivity contribution in [3.8, 4) is 0 Å². The van der Waals surface area contributed by atoms with E-state index in [9.17, 15) is 4.79 Å². The molecule has 0 aliphatic carbocycles. The van der Waals surface area contributed by atoms with Gasteiger partial charge in [-0.15, -0.1) is 0 Å². The molecule has 2 fully saturated rings. The Morgan fingerprint density at radius 2 is 2.00 bits per heavy atom. The molecule has 2 aliphatic heterocycles. The molecule has 126 valence electrons. The molecule has 0 N–H and O–H groups in total. The van der Waals surface area contributed by atoms with Crippen LogP contribution in [0.25, 0.3) is 10.8 Å². The predicted octanol–water partition coefficient (Wildman–Crippen LogP) is 3.41. The number of carbonyl (C=O) groups excluding carboxylic acids is 1. The lowest BCUT2D eigenvalue weighted by atomic mass is 9.92. The lowest BCUT2D eigenvalue weighted by molar-refractivity contribution is -0.910. The van der Waals surface area contributed by atoms with Crippen molar-refractivity contribution in [3.63, 3.8) is 0 Å². The van der Waals surface area contributed by atoms with Gasteiger partial charge in [-0.2, -0.15) is 0 Å². The number of benzene rings is 2. The molecule has 0 radical (unpaired) electrons. The second-order valence-corrected chi connectivity index (χ2v) is 7.45. The van der Waals surface area contributed by atoms with Crippen LogP contribution in [-0.2, 0) is 16.0 Å². The van der Waals surface area contributed by atoms with Crippen LogP contribution in [0.2, 0.25) is 0 Å². The second-order valence-electron chi connectivity index (χ2n) is 7.45. The fourth-order valence-corrected chi connectivity index (χ4v) is 4.86. The Balaban J connectivity index is 1.49. The molecule has 2 aromatic rings. The molecule has 0 saturated carbocycles. The van der Waals surface area contributed by atoms with Gasteiger partial charge in [0, 0.05) is 18.8 Å². The number of nitrogens with zero attached hydrogens (tertiary/aromatic N) is 1. The number of quaternary nitrogens is 1. The maximum absolute atomic E-state index is 12.2. The largest absolute Gasteiger partial charge is 0.466 e. The van der Waals surface area contributed by atoms with Gasteiger partial charge >= 0.3 is 5.97 Å². The summed E-state index contributed by atoms with van der Waals surface area (Å²) in [7, 11) is 0. The summed E-state index contributed by atoms with van der Waals surface area (Å²) in [5.74, 6) is 0.704. The van der Waals surface area contributed by atoms with E-state index in [2.05, 4.69) is 42.5 Å². The van der Waals surface area contributed by atoms with Crippen LogP contribution in [0.15, 0.2) is 42.5 Å². The van der Waals surface area contributed by atoms with Crippen molar-refractivity contribution in [1.82, 2.24) is 0 Å². The number of hydrogen-bond acceptors (Lipinski definition) is 2. The number of rotatable bonds is 5. The number of fused-ring (bicyclic) bond motifs is 3. The van der Waals surface area contributed by atoms with Crippen molar-refractivity contribution in [1.29, 1.82) is 0 Å². The molecule has 2 aromatic carbocycles. The lowest BCUT2D eigenvalue weighted by Crippen LogP contribution is -2.47. The molecule has 3 nitrogen and oxygen atoms in total. The monoisotopic (exact) mass is 324 g/mol. The fourth-order valence-electron chi connectivity index (χ4n) is 4.86. The Morgan fingerprint density at radius 1 is 1.17 bits per heavy atom. The summed E-state index contributed by atoms with van der Waals surface area (Å²) in [5, 5.41) is 2.69. The zero-order valence-electron chi connectivity index (χ0n) is 14.4. The topological polar surface area (TPSA) is 26.3 Å². The Kier molecular flexibility index (Phi) is 4.05. The first kappa shape index (κ1) is 15.6. The quantitative estimate of drug-likeness (QED) is 0.622. The van der Waals surface area contributed by atoms with E-state index in [1.54, 1.807) is 0 Å². The third kappa shape index (κ3) is 2.71. The summed E-state index contributed by atoms with van der Waals surface area (Å²) >= 11 is 0. The van der Waals surface area contributed by atoms with Gasteiger partial charge in [-0.1, -0.05) is 42.5 Å². The minimum atomic E-state index is 0.0346. The molecule has 4 rings (SSSR count). The first-order valence-corrected chi connectivity index (χ1v) is 9.19. The summed E-state index contributed by atoms with van der Waals surface area (Å²) in [5.41, 5.74) is 1.43. The van der Waals surface area contributed by atoms with E-state index in [1.165, 1.54) is 29.3 Å². The van der Waals surface area contributed by atoms with Gasteiger partial charge in [-0.3, -0.25) is 4.79 Å². The zero-order valence-corrected chi connectivity index (χ0v) is 14.4. The van der Waals surface area contributed by atoms with Crippen LogP contribution in [-0.4, -0.2) is 43.2 Å². The van der Waals surface area contributed by atoms with E-state index in [0.29, 0.717) is 12.5 Å². The smallest absolute Gasteiger partial charge is 0.315 e. The van der Waals surface area contributed by atoms with Crippen molar-refractivity contribution in [2.45, 2.75) is 19.8 Å². The first-order valence-electron chi connectivity index (χ1n) is 9.19. The van der Waals surface area contributed by atoms with Gasteiger partial charge in [0.1, 0.15) is 5.92 Å². The third-order valence-corrected chi connectivity index (χ3v) is 6.07. The summed E-state index contributed by atoms with van der Waals surface area (Å²) < 4.78 is 6.40. The van der Waals surface area contributed by atoms with Crippen LogP contribution in [0.4, 0.5) is 0 Å². The Hall–Kier alpha value is -1.87. The van der Waals surface area contributed by atoms with Gasteiger partial charge in [0.05, 0.1) is 32.8 Å². The highest BCUT2D eigenvalue weighted by atomic mass is 16.5. The molecule has 3 atom stereocenters. The molecule has 2 heterocycles. The average molecular weight is 324 g/mol. The summed E-state index contributed by atoms with van der Waals surface area (Å²) in [4.78, 5) is 12.2. The maximum atomic E-state index is 12.2. The molecule has 24 heavy (non-hydrogen) atoms. The van der Waals surface area contributed by atoms with E-state index in [1.807, 2.05) is 6.92 Å². The molecule has 2 aliphatic rings. The van der Waals surface area contributed by atoms with Gasteiger partial charge in [0.15, 0.2) is 0 Å². The van der Waals surface area contributed by atoms with E-state index in [4.69, 9.17) is 4.74 Å². The molecular formula is C21H26NO2+. The minimum Gasteiger partial charge on any atom is -0.466 e. The minimum absolute atomic E-state index is 0.0346. The third-order valence-electron chi connectivity index (χ3n) is 6.07. The summed E-state index contributed by atoms with van der Waals surface area (Å²) in [6.07, 6.45) is 2.27. The molecule has 0 amide bonds. The van der Waals surface area contributed by atoms with Gasteiger partial charge in [-0.25, -0.2) is 0 Å². The van der Waals surface area contributed by atoms with Crippen molar-refractivity contribution in [2.24, 2.45) is 11.8 Å². The standard InChI is InChI=1S/C21H26NO2/c1-2-24-21(23)20-15-22(13-11-18(20)14-22)12-10-17-8-5-7-16-6-3-4-9-19(16)17/h3-9,18,20H,2,10-15H2,1H3/q+1/t18?,20-,22-/m1/s1. The number of carbonyl (C=O) groups is 1. The number of hydrogen-bond donors (Lipinski definition) is 0. The molecule has 3 heteroatoms. The SMILES string of the molecule is CCOC(=O)[C@@H]1C[N@+]2(CCc3cccc4ccccc34)CCC1C2. The highest BCUT2D eigenvalue weighted by molar-refractivity contribution is 5.85. The van der Waals surface area contributed by atoms with E-state index in [-0.39, 0.29) is 11.9 Å². The van der Waals surface area contributed by atoms with Crippen LogP contribution in [0.5, 0.6) is 0 Å². The van der Waals surface area contributed by atoms with Gasteiger partial charge < -0.3 is 9.22 Å². The number of ether oxygens (including phenoxy) is 1. The van der Waals surface area contributed by atoms with E-state index >= 15 is 0 Å². The van der Waals surface area contributed by atoms with Crippen LogP contribution in [0.3, 0.4) is 0 Å². The highest BCUT2D eigenvalue weighted by Crippen LogP contribution is 2.40. The van der Waals surface area contributed by atoms with Crippen LogP contribution < -0.4 is 0 Å². The number of esters is 1. The first-order chi connectivity index (χ1) is 11.7. The van der Waals surface area contributed by atoms with Crippen molar-refractivity contribution < 1.29 is 14.0 Å². The molecular weight excluding hydrogens is 298 g/mol. The van der Waals surface area contributed by atoms with Crippen molar-refractivity contribution >= 4 is 16.7 Å².